The van der Waals surface area contributed by atoms with E-state index in [1.165, 1.54) is 12.3 Å². The molecule has 2 heterocycles. The topological polar surface area (TPSA) is 72.2 Å². The van der Waals surface area contributed by atoms with Crippen molar-refractivity contribution >= 4 is 38.6 Å². The molecular formula is C10H11ClN2O3S2. The van der Waals surface area contributed by atoms with E-state index in [1.807, 2.05) is 6.92 Å². The lowest BCUT2D eigenvalue weighted by molar-refractivity contribution is 0.412. The molecule has 0 aliphatic heterocycles. The first-order valence-electron chi connectivity index (χ1n) is 5.16. The van der Waals surface area contributed by atoms with Crippen LogP contribution in [0.1, 0.15) is 18.2 Å². The molecule has 8 heteroatoms. The van der Waals surface area contributed by atoms with E-state index in [4.69, 9.17) is 16.1 Å². The van der Waals surface area contributed by atoms with Gasteiger partial charge in [0.25, 0.3) is 10.0 Å². The van der Waals surface area contributed by atoms with Crippen LogP contribution in [0.3, 0.4) is 0 Å². The van der Waals surface area contributed by atoms with Gasteiger partial charge in [0, 0.05) is 0 Å². The molecule has 0 amide bonds. The Bertz CT molecular complexity index is 641. The highest BCUT2D eigenvalue weighted by atomic mass is 35.5. The fraction of sp³-hybridized carbons (Fsp3) is 0.300. The van der Waals surface area contributed by atoms with Gasteiger partial charge in [-0.1, -0.05) is 23.7 Å². The van der Waals surface area contributed by atoms with Crippen molar-refractivity contribution < 1.29 is 12.9 Å². The van der Waals surface area contributed by atoms with E-state index in [0.29, 0.717) is 22.1 Å². The zero-order valence-electron chi connectivity index (χ0n) is 9.73. The molecule has 0 unspecified atom stereocenters. The van der Waals surface area contributed by atoms with Crippen LogP contribution < -0.4 is 4.72 Å². The summed E-state index contributed by atoms with van der Waals surface area (Å²) >= 11 is 6.89. The maximum absolute atomic E-state index is 12.1. The molecule has 5 nitrogen and oxygen atoms in total. The van der Waals surface area contributed by atoms with Gasteiger partial charge in [-0.25, -0.2) is 8.42 Å². The third-order valence-corrected chi connectivity index (χ3v) is 5.72. The van der Waals surface area contributed by atoms with Gasteiger partial charge < -0.3 is 4.52 Å². The summed E-state index contributed by atoms with van der Waals surface area (Å²) in [5.74, 6) is 0. The molecule has 18 heavy (non-hydrogen) atoms. The normalized spacial score (nSPS) is 11.7. The van der Waals surface area contributed by atoms with Crippen molar-refractivity contribution in [3.63, 3.8) is 0 Å². The van der Waals surface area contributed by atoms with Gasteiger partial charge in [0.2, 0.25) is 0 Å². The molecule has 0 atom stereocenters. The Hall–Kier alpha value is -1.05. The smallest absolute Gasteiger partial charge is 0.271 e. The molecule has 0 bridgehead atoms. The average Bonchev–Trinajstić information content (AvgIpc) is 2.86. The Morgan fingerprint density at radius 1 is 1.56 bits per heavy atom. The fourth-order valence-corrected chi connectivity index (χ4v) is 4.13. The maximum Gasteiger partial charge on any atom is 0.271 e. The zero-order chi connectivity index (χ0) is 13.3. The summed E-state index contributed by atoms with van der Waals surface area (Å²) in [6.07, 6.45) is 1.86. The van der Waals surface area contributed by atoms with Crippen molar-refractivity contribution in [3.05, 3.63) is 27.9 Å². The zero-order valence-corrected chi connectivity index (χ0v) is 12.1. The molecule has 2 rings (SSSR count). The van der Waals surface area contributed by atoms with Crippen LogP contribution >= 0.6 is 22.9 Å². The first-order valence-corrected chi connectivity index (χ1v) is 7.84. The molecule has 0 aliphatic rings. The quantitative estimate of drug-likeness (QED) is 0.942. The number of thiophene rings is 1. The third kappa shape index (κ3) is 2.52. The van der Waals surface area contributed by atoms with E-state index in [1.54, 1.807) is 6.92 Å². The number of hydrogen-bond acceptors (Lipinski definition) is 5. The monoisotopic (exact) mass is 306 g/mol. The SMILES string of the molecule is CCc1nocc1NS(=O)(=O)c1cc(C)c(Cl)s1. The van der Waals surface area contributed by atoms with Crippen molar-refractivity contribution in [1.82, 2.24) is 5.16 Å². The van der Waals surface area contributed by atoms with Crippen molar-refractivity contribution in [2.24, 2.45) is 0 Å². The predicted molar refractivity (Wildman–Crippen MR) is 70.8 cm³/mol. The molecule has 98 valence electrons. The maximum atomic E-state index is 12.1. The molecule has 0 saturated carbocycles. The molecule has 1 N–H and O–H groups in total. The van der Waals surface area contributed by atoms with E-state index in [0.717, 1.165) is 16.9 Å². The summed E-state index contributed by atoms with van der Waals surface area (Å²) in [6, 6.07) is 1.54. The number of sulfonamides is 1. The van der Waals surface area contributed by atoms with Gasteiger partial charge in [0.1, 0.15) is 21.9 Å². The summed E-state index contributed by atoms with van der Waals surface area (Å²) in [5.41, 5.74) is 1.67. The Kier molecular flexibility index (Phi) is 3.65. The molecule has 0 radical (unpaired) electrons. The van der Waals surface area contributed by atoms with Gasteiger partial charge >= 0.3 is 0 Å². The van der Waals surface area contributed by atoms with Gasteiger partial charge in [-0.05, 0) is 25.0 Å². The van der Waals surface area contributed by atoms with Crippen LogP contribution in [0.25, 0.3) is 0 Å². The van der Waals surface area contributed by atoms with Gasteiger partial charge in [0.15, 0.2) is 0 Å². The minimum Gasteiger partial charge on any atom is -0.362 e. The highest BCUT2D eigenvalue weighted by molar-refractivity contribution is 7.94. The van der Waals surface area contributed by atoms with Crippen molar-refractivity contribution in [1.29, 1.82) is 0 Å². The lowest BCUT2D eigenvalue weighted by Gasteiger charge is -2.03. The number of aryl methyl sites for hydroxylation is 2. The number of nitrogens with zero attached hydrogens (tertiary/aromatic N) is 1. The lowest BCUT2D eigenvalue weighted by atomic mass is 10.3. The van der Waals surface area contributed by atoms with Crippen LogP contribution in [-0.4, -0.2) is 13.6 Å². The molecule has 0 fully saturated rings. The highest BCUT2D eigenvalue weighted by Gasteiger charge is 2.20. The number of hydrogen-bond donors (Lipinski definition) is 1. The van der Waals surface area contributed by atoms with Gasteiger partial charge in [-0.2, -0.15) is 0 Å². The van der Waals surface area contributed by atoms with E-state index in [2.05, 4.69) is 9.88 Å². The van der Waals surface area contributed by atoms with Crippen molar-refractivity contribution in [2.75, 3.05) is 4.72 Å². The van der Waals surface area contributed by atoms with Crippen LogP contribution in [-0.2, 0) is 16.4 Å². The van der Waals surface area contributed by atoms with Gasteiger partial charge in [0.05, 0.1) is 4.34 Å². The summed E-state index contributed by atoms with van der Waals surface area (Å²) in [4.78, 5) is 0. The molecular weight excluding hydrogens is 296 g/mol. The first-order chi connectivity index (χ1) is 8.44. The molecule has 2 aromatic rings. The third-order valence-electron chi connectivity index (χ3n) is 2.32. The predicted octanol–water partition coefficient (Wildman–Crippen LogP) is 3.06. The molecule has 0 aromatic carbocycles. The Balaban J connectivity index is 2.33. The second-order valence-corrected chi connectivity index (χ2v) is 7.22. The summed E-state index contributed by atoms with van der Waals surface area (Å²) in [5, 5.41) is 3.71. The van der Waals surface area contributed by atoms with Gasteiger partial charge in [-0.3, -0.25) is 4.72 Å². The number of rotatable bonds is 4. The van der Waals surface area contributed by atoms with E-state index >= 15 is 0 Å². The van der Waals surface area contributed by atoms with Crippen LogP contribution in [0.5, 0.6) is 0 Å². The van der Waals surface area contributed by atoms with Crippen LogP contribution in [0, 0.1) is 6.92 Å². The summed E-state index contributed by atoms with van der Waals surface area (Å²) in [7, 11) is -3.63. The summed E-state index contributed by atoms with van der Waals surface area (Å²) < 4.78 is 32.0. The second-order valence-electron chi connectivity index (χ2n) is 3.66. The van der Waals surface area contributed by atoms with E-state index in [-0.39, 0.29) is 4.21 Å². The standard InChI is InChI=1S/C10H11ClN2O3S2/c1-3-7-8(5-16-12-7)13-18(14,15)9-4-6(2)10(11)17-9/h4-5,13H,3H2,1-2H3. The largest absolute Gasteiger partial charge is 0.362 e. The van der Waals surface area contributed by atoms with Crippen LogP contribution in [0.15, 0.2) is 21.1 Å². The molecule has 2 aromatic heterocycles. The average molecular weight is 307 g/mol. The molecule has 0 aliphatic carbocycles. The second kappa shape index (κ2) is 4.91. The van der Waals surface area contributed by atoms with Gasteiger partial charge in [-0.15, -0.1) is 11.3 Å². The number of nitrogens with one attached hydrogen (secondary N) is 1. The number of anilines is 1. The van der Waals surface area contributed by atoms with Crippen molar-refractivity contribution in [3.8, 4) is 0 Å². The first kappa shape index (κ1) is 13.4. The minimum atomic E-state index is -3.63. The molecule has 0 spiro atoms. The Morgan fingerprint density at radius 2 is 2.28 bits per heavy atom. The molecule has 0 saturated heterocycles. The Labute approximate surface area is 114 Å². The van der Waals surface area contributed by atoms with Crippen LogP contribution in [0.4, 0.5) is 5.69 Å². The van der Waals surface area contributed by atoms with Crippen LogP contribution in [0.2, 0.25) is 4.34 Å². The number of aromatic nitrogens is 1. The minimum absolute atomic E-state index is 0.174. The number of halogens is 1. The Morgan fingerprint density at radius 3 is 2.83 bits per heavy atom. The van der Waals surface area contributed by atoms with E-state index < -0.39 is 10.0 Å². The van der Waals surface area contributed by atoms with E-state index in [9.17, 15) is 8.42 Å². The lowest BCUT2D eigenvalue weighted by Crippen LogP contribution is -2.12. The fourth-order valence-electron chi connectivity index (χ4n) is 1.36. The highest BCUT2D eigenvalue weighted by Crippen LogP contribution is 2.31. The van der Waals surface area contributed by atoms with Crippen molar-refractivity contribution in [2.45, 2.75) is 24.5 Å². The summed E-state index contributed by atoms with van der Waals surface area (Å²) in [6.45, 7) is 3.62.